The molecule has 0 fully saturated rings. The van der Waals surface area contributed by atoms with Crippen LogP contribution >= 0.6 is 0 Å². The third-order valence-electron chi connectivity index (χ3n) is 6.27. The lowest BCUT2D eigenvalue weighted by Crippen LogP contribution is -2.46. The van der Waals surface area contributed by atoms with Crippen molar-refractivity contribution in [2.75, 3.05) is 13.6 Å². The molecular weight excluding hydrogens is 374 g/mol. The minimum absolute atomic E-state index is 0.551. The van der Waals surface area contributed by atoms with Gasteiger partial charge in [-0.3, -0.25) is 0 Å². The smallest absolute Gasteiger partial charge is 0.213 e. The maximum absolute atomic E-state index is 6.36. The van der Waals surface area contributed by atoms with Crippen LogP contribution < -0.4 is 9.92 Å². The summed E-state index contributed by atoms with van der Waals surface area (Å²) in [6.07, 6.45) is 1.90. The fraction of sp³-hybridized carbons (Fsp3) is 0.500. The SMILES string of the molecule is CCN(C)C=Nc1cc([Si](CC)(CC)CC)c(OCc2ccccc2C)nc1C. The molecule has 5 heteroatoms. The number of nitrogens with zero attached hydrogens (tertiary/aromatic N) is 3. The number of hydrogen-bond acceptors (Lipinski definition) is 3. The van der Waals surface area contributed by atoms with Crippen LogP contribution in [0.1, 0.15) is 44.5 Å². The van der Waals surface area contributed by atoms with Gasteiger partial charge in [-0.25, -0.2) is 9.98 Å². The summed E-state index contributed by atoms with van der Waals surface area (Å²) in [4.78, 5) is 11.7. The lowest BCUT2D eigenvalue weighted by Gasteiger charge is -2.30. The zero-order valence-electron chi connectivity index (χ0n) is 19.2. The second-order valence-electron chi connectivity index (χ2n) is 7.82. The largest absolute Gasteiger partial charge is 0.473 e. The molecule has 0 saturated carbocycles. The molecule has 0 amide bonds. The van der Waals surface area contributed by atoms with Crippen LogP contribution in [0.4, 0.5) is 5.69 Å². The summed E-state index contributed by atoms with van der Waals surface area (Å²) >= 11 is 0. The van der Waals surface area contributed by atoms with Crippen LogP contribution in [0, 0.1) is 13.8 Å². The average Bonchev–Trinajstić information content (AvgIpc) is 2.74. The maximum Gasteiger partial charge on any atom is 0.213 e. The van der Waals surface area contributed by atoms with Crippen molar-refractivity contribution in [3.05, 3.63) is 47.2 Å². The standard InChI is InChI=1S/C24H37N3OSi/c1-8-27(7)18-25-22-16-23(29(9-2,10-3)11-4)24(26-20(22)6)28-17-21-15-13-12-14-19(21)5/h12-16,18H,8-11,17H2,1-7H3. The first-order valence-corrected chi connectivity index (χ1v) is 13.5. The molecular formula is C24H37N3OSi. The van der Waals surface area contributed by atoms with Gasteiger partial charge in [0.25, 0.3) is 0 Å². The van der Waals surface area contributed by atoms with E-state index >= 15 is 0 Å². The Kier molecular flexibility index (Phi) is 8.44. The highest BCUT2D eigenvalue weighted by molar-refractivity contribution is 6.92. The summed E-state index contributed by atoms with van der Waals surface area (Å²) in [5.41, 5.74) is 4.33. The van der Waals surface area contributed by atoms with E-state index in [0.717, 1.165) is 23.8 Å². The minimum atomic E-state index is -1.68. The third kappa shape index (κ3) is 5.47. The Balaban J connectivity index is 2.49. The van der Waals surface area contributed by atoms with E-state index in [1.807, 2.05) is 20.3 Å². The van der Waals surface area contributed by atoms with Crippen LogP contribution in [-0.2, 0) is 6.61 Å². The van der Waals surface area contributed by atoms with E-state index in [1.54, 1.807) is 0 Å². The van der Waals surface area contributed by atoms with Crippen LogP contribution in [0.2, 0.25) is 18.1 Å². The molecule has 1 heterocycles. The van der Waals surface area contributed by atoms with E-state index in [-0.39, 0.29) is 0 Å². The molecule has 0 N–H and O–H groups in total. The molecule has 2 aromatic rings. The summed E-state index contributed by atoms with van der Waals surface area (Å²) in [6.45, 7) is 14.7. The molecule has 0 aliphatic rings. The summed E-state index contributed by atoms with van der Waals surface area (Å²) in [5.74, 6) is 0.811. The number of ether oxygens (including phenoxy) is 1. The van der Waals surface area contributed by atoms with Crippen molar-refractivity contribution < 1.29 is 4.74 Å². The average molecular weight is 412 g/mol. The zero-order chi connectivity index (χ0) is 21.4. The Labute approximate surface area is 178 Å². The van der Waals surface area contributed by atoms with Crippen molar-refractivity contribution in [1.82, 2.24) is 9.88 Å². The van der Waals surface area contributed by atoms with Crippen LogP contribution in [0.15, 0.2) is 35.3 Å². The van der Waals surface area contributed by atoms with Gasteiger partial charge in [-0.05, 0) is 38.0 Å². The number of rotatable bonds is 10. The van der Waals surface area contributed by atoms with Crippen molar-refractivity contribution in [3.8, 4) is 5.88 Å². The van der Waals surface area contributed by atoms with Crippen molar-refractivity contribution in [3.63, 3.8) is 0 Å². The van der Waals surface area contributed by atoms with E-state index in [0.29, 0.717) is 6.61 Å². The van der Waals surface area contributed by atoms with Gasteiger partial charge in [-0.15, -0.1) is 0 Å². The molecule has 1 aromatic carbocycles. The molecule has 0 unspecified atom stereocenters. The van der Waals surface area contributed by atoms with Crippen molar-refractivity contribution in [2.24, 2.45) is 4.99 Å². The molecule has 0 aliphatic carbocycles. The lowest BCUT2D eigenvalue weighted by atomic mass is 10.1. The number of aromatic nitrogens is 1. The topological polar surface area (TPSA) is 37.7 Å². The van der Waals surface area contributed by atoms with E-state index in [2.05, 4.69) is 69.9 Å². The van der Waals surface area contributed by atoms with E-state index in [1.165, 1.54) is 34.4 Å². The first-order chi connectivity index (χ1) is 13.9. The summed E-state index contributed by atoms with van der Waals surface area (Å²) in [6, 6.07) is 14.2. The van der Waals surface area contributed by atoms with Gasteiger partial charge in [-0.1, -0.05) is 63.2 Å². The summed E-state index contributed by atoms with van der Waals surface area (Å²) < 4.78 is 6.36. The van der Waals surface area contributed by atoms with Gasteiger partial charge in [0.05, 0.1) is 25.8 Å². The van der Waals surface area contributed by atoms with Gasteiger partial charge in [-0.2, -0.15) is 0 Å². The van der Waals surface area contributed by atoms with Gasteiger partial charge in [0.2, 0.25) is 5.88 Å². The number of aryl methyl sites for hydroxylation is 2. The van der Waals surface area contributed by atoms with E-state index in [4.69, 9.17) is 14.7 Å². The van der Waals surface area contributed by atoms with E-state index in [9.17, 15) is 0 Å². The van der Waals surface area contributed by atoms with Gasteiger partial charge < -0.3 is 9.64 Å². The lowest BCUT2D eigenvalue weighted by molar-refractivity contribution is 0.295. The van der Waals surface area contributed by atoms with Crippen molar-refractivity contribution in [1.29, 1.82) is 0 Å². The predicted molar refractivity (Wildman–Crippen MR) is 128 cm³/mol. The Morgan fingerprint density at radius 2 is 1.72 bits per heavy atom. The molecule has 0 aliphatic heterocycles. The highest BCUT2D eigenvalue weighted by Crippen LogP contribution is 2.28. The molecule has 0 bridgehead atoms. The molecule has 0 saturated heterocycles. The number of pyridine rings is 1. The third-order valence-corrected chi connectivity index (χ3v) is 11.8. The summed E-state index contributed by atoms with van der Waals surface area (Å²) in [5, 5.41) is 1.32. The highest BCUT2D eigenvalue weighted by atomic mass is 28.3. The first-order valence-electron chi connectivity index (χ1n) is 10.8. The quantitative estimate of drug-likeness (QED) is 0.290. The Morgan fingerprint density at radius 1 is 1.07 bits per heavy atom. The molecule has 158 valence electrons. The number of benzene rings is 1. The number of hydrogen-bond donors (Lipinski definition) is 0. The Morgan fingerprint density at radius 3 is 2.31 bits per heavy atom. The van der Waals surface area contributed by atoms with Gasteiger partial charge in [0.1, 0.15) is 6.61 Å². The Hall–Kier alpha value is -2.14. The minimum Gasteiger partial charge on any atom is -0.473 e. The normalized spacial score (nSPS) is 11.8. The molecule has 0 atom stereocenters. The number of aliphatic imine (C=N–C) groups is 1. The van der Waals surface area contributed by atoms with Crippen LogP contribution in [0.25, 0.3) is 0 Å². The molecule has 29 heavy (non-hydrogen) atoms. The zero-order valence-corrected chi connectivity index (χ0v) is 20.2. The molecule has 4 nitrogen and oxygen atoms in total. The fourth-order valence-electron chi connectivity index (χ4n) is 3.68. The molecule has 0 radical (unpaired) electrons. The predicted octanol–water partition coefficient (Wildman–Crippen LogP) is 5.60. The van der Waals surface area contributed by atoms with Gasteiger partial charge in [0.15, 0.2) is 0 Å². The monoisotopic (exact) mass is 411 g/mol. The van der Waals surface area contributed by atoms with Crippen molar-refractivity contribution in [2.45, 2.75) is 66.3 Å². The molecule has 1 aromatic heterocycles. The molecule has 0 spiro atoms. The van der Waals surface area contributed by atoms with E-state index < -0.39 is 8.07 Å². The van der Waals surface area contributed by atoms with Crippen molar-refractivity contribution >= 4 is 25.3 Å². The maximum atomic E-state index is 6.36. The first kappa shape index (κ1) is 23.1. The molecule has 2 rings (SSSR count). The Bertz CT molecular complexity index is 823. The van der Waals surface area contributed by atoms with Crippen LogP contribution in [0.3, 0.4) is 0 Å². The fourth-order valence-corrected chi connectivity index (χ4v) is 7.34. The van der Waals surface area contributed by atoms with Crippen LogP contribution in [-0.4, -0.2) is 37.9 Å². The second-order valence-corrected chi connectivity index (χ2v) is 13.0. The van der Waals surface area contributed by atoms with Crippen LogP contribution in [0.5, 0.6) is 5.88 Å². The van der Waals surface area contributed by atoms with Gasteiger partial charge >= 0.3 is 0 Å². The van der Waals surface area contributed by atoms with Gasteiger partial charge in [0, 0.05) is 18.8 Å². The summed E-state index contributed by atoms with van der Waals surface area (Å²) in [7, 11) is 0.354. The highest BCUT2D eigenvalue weighted by Gasteiger charge is 2.34. The second kappa shape index (κ2) is 10.6.